The van der Waals surface area contributed by atoms with Crippen molar-refractivity contribution in [2.75, 3.05) is 6.61 Å². The number of ether oxygens (including phenoxy) is 1. The number of hydrogen-bond acceptors (Lipinski definition) is 3. The molecule has 0 aliphatic heterocycles. The molecule has 2 rings (SSSR count). The summed E-state index contributed by atoms with van der Waals surface area (Å²) in [6.45, 7) is 4.02. The van der Waals surface area contributed by atoms with Crippen molar-refractivity contribution in [2.45, 2.75) is 39.5 Å². The van der Waals surface area contributed by atoms with E-state index in [1.165, 1.54) is 0 Å². The van der Waals surface area contributed by atoms with E-state index in [0.29, 0.717) is 12.2 Å². The van der Waals surface area contributed by atoms with Crippen LogP contribution in [0.15, 0.2) is 18.2 Å². The Labute approximate surface area is 114 Å². The molecule has 1 atom stereocenters. The number of carbonyl (C=O) groups excluding carboxylic acids is 2. The van der Waals surface area contributed by atoms with Crippen LogP contribution < -0.4 is 4.74 Å². The molecule has 102 valence electrons. The van der Waals surface area contributed by atoms with Crippen LogP contribution in [-0.4, -0.2) is 18.2 Å². The molecule has 3 heteroatoms. The van der Waals surface area contributed by atoms with Gasteiger partial charge in [-0.3, -0.25) is 9.59 Å². The van der Waals surface area contributed by atoms with Crippen LogP contribution in [0.4, 0.5) is 0 Å². The fraction of sp³-hybridized carbons (Fsp3) is 0.500. The standard InChI is InChI=1S/C16H20O3/c1-3-11(2)16(18)10-19-13-7-8-14-12(9-13)5-4-6-15(14)17/h7-9,11H,3-6,10H2,1-2H3. The first-order valence-corrected chi connectivity index (χ1v) is 6.93. The Hall–Kier alpha value is -1.64. The molecule has 0 N–H and O–H groups in total. The van der Waals surface area contributed by atoms with Gasteiger partial charge in [0.05, 0.1) is 0 Å². The van der Waals surface area contributed by atoms with Gasteiger partial charge in [-0.05, 0) is 43.0 Å². The number of Topliss-reactive ketones (excluding diaryl/α,β-unsaturated/α-hetero) is 2. The van der Waals surface area contributed by atoms with Crippen LogP contribution in [0.1, 0.15) is 49.0 Å². The van der Waals surface area contributed by atoms with Gasteiger partial charge in [0.15, 0.2) is 11.6 Å². The molecule has 1 aromatic carbocycles. The highest BCUT2D eigenvalue weighted by molar-refractivity contribution is 5.98. The molecule has 0 bridgehead atoms. The van der Waals surface area contributed by atoms with Crippen LogP contribution in [0.2, 0.25) is 0 Å². The minimum atomic E-state index is 0.0409. The SMILES string of the molecule is CCC(C)C(=O)COc1ccc2c(c1)CCCC2=O. The van der Waals surface area contributed by atoms with E-state index < -0.39 is 0 Å². The summed E-state index contributed by atoms with van der Waals surface area (Å²) < 4.78 is 5.53. The molecule has 0 fully saturated rings. The summed E-state index contributed by atoms with van der Waals surface area (Å²) in [6, 6.07) is 5.50. The van der Waals surface area contributed by atoms with Crippen molar-refractivity contribution in [2.24, 2.45) is 5.92 Å². The summed E-state index contributed by atoms with van der Waals surface area (Å²) in [5, 5.41) is 0. The van der Waals surface area contributed by atoms with Crippen molar-refractivity contribution in [3.8, 4) is 5.75 Å². The lowest BCUT2D eigenvalue weighted by Gasteiger charge is -2.16. The maximum atomic E-state index is 11.7. The zero-order chi connectivity index (χ0) is 13.8. The highest BCUT2D eigenvalue weighted by Gasteiger charge is 2.18. The van der Waals surface area contributed by atoms with Gasteiger partial charge in [0, 0.05) is 17.9 Å². The smallest absolute Gasteiger partial charge is 0.172 e. The quantitative estimate of drug-likeness (QED) is 0.816. The summed E-state index contributed by atoms with van der Waals surface area (Å²) in [7, 11) is 0. The Morgan fingerprint density at radius 2 is 2.16 bits per heavy atom. The zero-order valence-electron chi connectivity index (χ0n) is 11.6. The molecule has 1 aliphatic carbocycles. The van der Waals surface area contributed by atoms with Gasteiger partial charge in [-0.1, -0.05) is 13.8 Å². The lowest BCUT2D eigenvalue weighted by molar-refractivity contribution is -0.124. The van der Waals surface area contributed by atoms with E-state index in [0.717, 1.165) is 30.4 Å². The number of carbonyl (C=O) groups is 2. The Balaban J connectivity index is 2.03. The second kappa shape index (κ2) is 6.00. The normalized spacial score (nSPS) is 15.8. The van der Waals surface area contributed by atoms with Gasteiger partial charge in [0.25, 0.3) is 0 Å². The van der Waals surface area contributed by atoms with Gasteiger partial charge in [-0.15, -0.1) is 0 Å². The predicted octanol–water partition coefficient (Wildman–Crippen LogP) is 3.20. The molecular weight excluding hydrogens is 240 g/mol. The third-order valence-electron chi connectivity index (χ3n) is 3.77. The third kappa shape index (κ3) is 3.22. The average molecular weight is 260 g/mol. The number of benzene rings is 1. The molecule has 0 heterocycles. The number of fused-ring (bicyclic) bond motifs is 1. The van der Waals surface area contributed by atoms with Gasteiger partial charge in [0.2, 0.25) is 0 Å². The van der Waals surface area contributed by atoms with Crippen molar-refractivity contribution < 1.29 is 14.3 Å². The van der Waals surface area contributed by atoms with Crippen LogP contribution in [-0.2, 0) is 11.2 Å². The molecule has 0 saturated carbocycles. The number of hydrogen-bond donors (Lipinski definition) is 0. The topological polar surface area (TPSA) is 43.4 Å². The Morgan fingerprint density at radius 3 is 2.89 bits per heavy atom. The first-order valence-electron chi connectivity index (χ1n) is 6.93. The Bertz CT molecular complexity index is 491. The van der Waals surface area contributed by atoms with Gasteiger partial charge in [-0.25, -0.2) is 0 Å². The number of aryl methyl sites for hydroxylation is 1. The van der Waals surface area contributed by atoms with Crippen LogP contribution >= 0.6 is 0 Å². The Kier molecular flexibility index (Phi) is 4.35. The predicted molar refractivity (Wildman–Crippen MR) is 73.7 cm³/mol. The maximum absolute atomic E-state index is 11.7. The average Bonchev–Trinajstić information content (AvgIpc) is 2.44. The second-order valence-electron chi connectivity index (χ2n) is 5.16. The first-order chi connectivity index (χ1) is 9.11. The lowest BCUT2D eigenvalue weighted by atomic mass is 9.90. The zero-order valence-corrected chi connectivity index (χ0v) is 11.6. The second-order valence-corrected chi connectivity index (χ2v) is 5.16. The molecule has 1 unspecified atom stereocenters. The summed E-state index contributed by atoms with van der Waals surface area (Å²) in [6.07, 6.45) is 3.29. The van der Waals surface area contributed by atoms with E-state index in [9.17, 15) is 9.59 Å². The molecule has 1 aromatic rings. The summed E-state index contributed by atoms with van der Waals surface area (Å²) in [4.78, 5) is 23.4. The fourth-order valence-electron chi connectivity index (χ4n) is 2.24. The highest BCUT2D eigenvalue weighted by Crippen LogP contribution is 2.25. The van der Waals surface area contributed by atoms with E-state index in [-0.39, 0.29) is 24.1 Å². The maximum Gasteiger partial charge on any atom is 0.172 e. The van der Waals surface area contributed by atoms with E-state index in [2.05, 4.69) is 0 Å². The van der Waals surface area contributed by atoms with Gasteiger partial charge in [0.1, 0.15) is 12.4 Å². The Morgan fingerprint density at radius 1 is 1.37 bits per heavy atom. The molecule has 19 heavy (non-hydrogen) atoms. The third-order valence-corrected chi connectivity index (χ3v) is 3.77. The van der Waals surface area contributed by atoms with Gasteiger partial charge < -0.3 is 4.74 Å². The molecule has 0 aromatic heterocycles. The summed E-state index contributed by atoms with van der Waals surface area (Å²) in [5.74, 6) is 1.06. The summed E-state index contributed by atoms with van der Waals surface area (Å²) in [5.41, 5.74) is 1.86. The van der Waals surface area contributed by atoms with E-state index in [1.54, 1.807) is 6.07 Å². The van der Waals surface area contributed by atoms with Crippen molar-refractivity contribution >= 4 is 11.6 Å². The molecule has 0 spiro atoms. The minimum absolute atomic E-state index is 0.0409. The first kappa shape index (κ1) is 13.8. The van der Waals surface area contributed by atoms with Crippen LogP contribution in [0.5, 0.6) is 5.75 Å². The fourth-order valence-corrected chi connectivity index (χ4v) is 2.24. The van der Waals surface area contributed by atoms with Crippen molar-refractivity contribution in [3.63, 3.8) is 0 Å². The van der Waals surface area contributed by atoms with E-state index >= 15 is 0 Å². The molecule has 0 saturated heterocycles. The van der Waals surface area contributed by atoms with Gasteiger partial charge in [-0.2, -0.15) is 0 Å². The molecule has 1 aliphatic rings. The minimum Gasteiger partial charge on any atom is -0.486 e. The lowest BCUT2D eigenvalue weighted by Crippen LogP contribution is -2.19. The van der Waals surface area contributed by atoms with Crippen LogP contribution in [0.25, 0.3) is 0 Å². The highest BCUT2D eigenvalue weighted by atomic mass is 16.5. The largest absolute Gasteiger partial charge is 0.486 e. The summed E-state index contributed by atoms with van der Waals surface area (Å²) >= 11 is 0. The number of ketones is 2. The van der Waals surface area contributed by atoms with Crippen LogP contribution in [0, 0.1) is 5.92 Å². The number of rotatable bonds is 5. The molecule has 0 radical (unpaired) electrons. The molecule has 3 nitrogen and oxygen atoms in total. The van der Waals surface area contributed by atoms with Gasteiger partial charge >= 0.3 is 0 Å². The van der Waals surface area contributed by atoms with Crippen molar-refractivity contribution in [3.05, 3.63) is 29.3 Å². The molecular formula is C16H20O3. The monoisotopic (exact) mass is 260 g/mol. The van der Waals surface area contributed by atoms with Crippen LogP contribution in [0.3, 0.4) is 0 Å². The molecule has 0 amide bonds. The van der Waals surface area contributed by atoms with Crippen molar-refractivity contribution in [1.82, 2.24) is 0 Å². The van der Waals surface area contributed by atoms with E-state index in [1.807, 2.05) is 26.0 Å². The van der Waals surface area contributed by atoms with E-state index in [4.69, 9.17) is 4.74 Å². The van der Waals surface area contributed by atoms with Crippen molar-refractivity contribution in [1.29, 1.82) is 0 Å².